The summed E-state index contributed by atoms with van der Waals surface area (Å²) in [5.74, 6) is -0.809. The standard InChI is InChI=1S/C16H14N2O2/c19-16(20)10-13-1-2-14-5-8-18(15(14)9-13)11-12-3-6-17-7-4-12/h1-9H,10-11H2,(H,19,20). The number of fused-ring (bicyclic) bond motifs is 1. The minimum atomic E-state index is -0.809. The maximum absolute atomic E-state index is 10.8. The van der Waals surface area contributed by atoms with Gasteiger partial charge in [0.2, 0.25) is 0 Å². The normalized spacial score (nSPS) is 10.8. The number of carboxylic acids is 1. The second kappa shape index (κ2) is 5.17. The third-order valence-electron chi connectivity index (χ3n) is 3.30. The lowest BCUT2D eigenvalue weighted by Crippen LogP contribution is -2.01. The predicted molar refractivity (Wildman–Crippen MR) is 76.6 cm³/mol. The van der Waals surface area contributed by atoms with Crippen LogP contribution in [0.1, 0.15) is 11.1 Å². The van der Waals surface area contributed by atoms with Crippen molar-refractivity contribution in [3.8, 4) is 0 Å². The summed E-state index contributed by atoms with van der Waals surface area (Å²) in [4.78, 5) is 14.8. The van der Waals surface area contributed by atoms with E-state index < -0.39 is 5.97 Å². The number of carbonyl (C=O) groups is 1. The van der Waals surface area contributed by atoms with Gasteiger partial charge in [0, 0.05) is 30.7 Å². The Morgan fingerprint density at radius 2 is 1.90 bits per heavy atom. The van der Waals surface area contributed by atoms with Crippen molar-refractivity contribution in [3.05, 3.63) is 66.1 Å². The van der Waals surface area contributed by atoms with Crippen LogP contribution in [0, 0.1) is 0 Å². The van der Waals surface area contributed by atoms with Crippen molar-refractivity contribution in [1.82, 2.24) is 9.55 Å². The molecule has 0 amide bonds. The first-order valence-corrected chi connectivity index (χ1v) is 6.41. The Hall–Kier alpha value is -2.62. The molecule has 100 valence electrons. The SMILES string of the molecule is O=C(O)Cc1ccc2ccn(Cc3ccncc3)c2c1. The lowest BCUT2D eigenvalue weighted by atomic mass is 10.1. The van der Waals surface area contributed by atoms with Crippen molar-refractivity contribution in [2.75, 3.05) is 0 Å². The van der Waals surface area contributed by atoms with Gasteiger partial charge in [-0.05, 0) is 40.8 Å². The molecular weight excluding hydrogens is 252 g/mol. The zero-order chi connectivity index (χ0) is 13.9. The molecule has 0 spiro atoms. The summed E-state index contributed by atoms with van der Waals surface area (Å²) in [6.45, 7) is 0.753. The van der Waals surface area contributed by atoms with Gasteiger partial charge in [-0.25, -0.2) is 0 Å². The van der Waals surface area contributed by atoms with Crippen LogP contribution in [0.5, 0.6) is 0 Å². The van der Waals surface area contributed by atoms with Crippen LogP contribution in [-0.4, -0.2) is 20.6 Å². The van der Waals surface area contributed by atoms with Gasteiger partial charge >= 0.3 is 5.97 Å². The number of benzene rings is 1. The van der Waals surface area contributed by atoms with E-state index in [-0.39, 0.29) is 6.42 Å². The van der Waals surface area contributed by atoms with Crippen LogP contribution < -0.4 is 0 Å². The summed E-state index contributed by atoms with van der Waals surface area (Å²) >= 11 is 0. The van der Waals surface area contributed by atoms with E-state index in [2.05, 4.69) is 9.55 Å². The fraction of sp³-hybridized carbons (Fsp3) is 0.125. The van der Waals surface area contributed by atoms with Gasteiger partial charge in [-0.2, -0.15) is 0 Å². The van der Waals surface area contributed by atoms with E-state index in [1.165, 1.54) is 5.56 Å². The van der Waals surface area contributed by atoms with Crippen molar-refractivity contribution in [2.45, 2.75) is 13.0 Å². The summed E-state index contributed by atoms with van der Waals surface area (Å²) < 4.78 is 2.12. The molecule has 2 heterocycles. The van der Waals surface area contributed by atoms with Crippen molar-refractivity contribution < 1.29 is 9.90 Å². The first-order valence-electron chi connectivity index (χ1n) is 6.41. The molecule has 0 unspecified atom stereocenters. The predicted octanol–water partition coefficient (Wildman–Crippen LogP) is 2.71. The summed E-state index contributed by atoms with van der Waals surface area (Å²) in [6.07, 6.45) is 5.62. The minimum Gasteiger partial charge on any atom is -0.481 e. The van der Waals surface area contributed by atoms with Crippen molar-refractivity contribution in [1.29, 1.82) is 0 Å². The highest BCUT2D eigenvalue weighted by atomic mass is 16.4. The molecule has 2 aromatic heterocycles. The van der Waals surface area contributed by atoms with E-state index in [0.29, 0.717) is 0 Å². The number of pyridine rings is 1. The van der Waals surface area contributed by atoms with Crippen molar-refractivity contribution in [3.63, 3.8) is 0 Å². The fourth-order valence-corrected chi connectivity index (χ4v) is 2.34. The van der Waals surface area contributed by atoms with Gasteiger partial charge < -0.3 is 9.67 Å². The van der Waals surface area contributed by atoms with Gasteiger partial charge in [-0.3, -0.25) is 9.78 Å². The third kappa shape index (κ3) is 2.54. The molecule has 0 saturated heterocycles. The second-order valence-electron chi connectivity index (χ2n) is 4.76. The first kappa shape index (κ1) is 12.4. The molecule has 0 bridgehead atoms. The third-order valence-corrected chi connectivity index (χ3v) is 3.30. The quantitative estimate of drug-likeness (QED) is 0.790. The van der Waals surface area contributed by atoms with Crippen molar-refractivity contribution in [2.24, 2.45) is 0 Å². The number of rotatable bonds is 4. The summed E-state index contributed by atoms with van der Waals surface area (Å²) in [7, 11) is 0. The van der Waals surface area contributed by atoms with Gasteiger partial charge in [0.1, 0.15) is 0 Å². The van der Waals surface area contributed by atoms with Crippen LogP contribution in [-0.2, 0) is 17.8 Å². The Bertz CT molecular complexity index is 748. The molecule has 3 rings (SSSR count). The number of hydrogen-bond donors (Lipinski definition) is 1. The van der Waals surface area contributed by atoms with Crippen molar-refractivity contribution >= 4 is 16.9 Å². The number of aliphatic carboxylic acids is 1. The van der Waals surface area contributed by atoms with E-state index in [1.54, 1.807) is 12.4 Å². The van der Waals surface area contributed by atoms with E-state index in [1.807, 2.05) is 42.6 Å². The Labute approximate surface area is 116 Å². The van der Waals surface area contributed by atoms with Gasteiger partial charge in [0.25, 0.3) is 0 Å². The zero-order valence-electron chi connectivity index (χ0n) is 10.9. The monoisotopic (exact) mass is 266 g/mol. The largest absolute Gasteiger partial charge is 0.481 e. The number of carboxylic acid groups (broad SMARTS) is 1. The fourth-order valence-electron chi connectivity index (χ4n) is 2.34. The lowest BCUT2D eigenvalue weighted by Gasteiger charge is -2.06. The van der Waals surface area contributed by atoms with E-state index >= 15 is 0 Å². The lowest BCUT2D eigenvalue weighted by molar-refractivity contribution is -0.136. The van der Waals surface area contributed by atoms with Crippen LogP contribution in [0.4, 0.5) is 0 Å². The molecule has 3 aromatic rings. The molecule has 0 fully saturated rings. The highest BCUT2D eigenvalue weighted by Crippen LogP contribution is 2.19. The van der Waals surface area contributed by atoms with Gasteiger partial charge in [-0.1, -0.05) is 12.1 Å². The molecule has 0 saturated carbocycles. The van der Waals surface area contributed by atoms with Crippen LogP contribution >= 0.6 is 0 Å². The Kier molecular flexibility index (Phi) is 3.21. The molecule has 0 radical (unpaired) electrons. The molecule has 0 atom stereocenters. The van der Waals surface area contributed by atoms with E-state index in [4.69, 9.17) is 5.11 Å². The number of hydrogen-bond acceptors (Lipinski definition) is 2. The second-order valence-corrected chi connectivity index (χ2v) is 4.76. The topological polar surface area (TPSA) is 55.1 Å². The molecule has 4 heteroatoms. The highest BCUT2D eigenvalue weighted by Gasteiger charge is 2.05. The maximum Gasteiger partial charge on any atom is 0.307 e. The van der Waals surface area contributed by atoms with Gasteiger partial charge in [0.15, 0.2) is 0 Å². The maximum atomic E-state index is 10.8. The molecular formula is C16H14N2O2. The smallest absolute Gasteiger partial charge is 0.307 e. The van der Waals surface area contributed by atoms with E-state index in [9.17, 15) is 4.79 Å². The Balaban J connectivity index is 1.96. The van der Waals surface area contributed by atoms with Gasteiger partial charge in [0.05, 0.1) is 6.42 Å². The van der Waals surface area contributed by atoms with E-state index in [0.717, 1.165) is 23.0 Å². The molecule has 0 aliphatic rings. The van der Waals surface area contributed by atoms with Crippen LogP contribution in [0.25, 0.3) is 10.9 Å². The Morgan fingerprint density at radius 3 is 2.65 bits per heavy atom. The van der Waals surface area contributed by atoms with Crippen LogP contribution in [0.2, 0.25) is 0 Å². The first-order chi connectivity index (χ1) is 9.72. The van der Waals surface area contributed by atoms with Crippen LogP contribution in [0.3, 0.4) is 0 Å². The molecule has 4 nitrogen and oxygen atoms in total. The van der Waals surface area contributed by atoms with Gasteiger partial charge in [-0.15, -0.1) is 0 Å². The summed E-state index contributed by atoms with van der Waals surface area (Å²) in [5.41, 5.74) is 3.04. The average molecular weight is 266 g/mol. The molecule has 1 aromatic carbocycles. The zero-order valence-corrected chi connectivity index (χ0v) is 10.9. The van der Waals surface area contributed by atoms with Crippen LogP contribution in [0.15, 0.2) is 55.0 Å². The minimum absolute atomic E-state index is 0.0520. The number of aromatic nitrogens is 2. The summed E-state index contributed by atoms with van der Waals surface area (Å²) in [6, 6.07) is 11.8. The summed E-state index contributed by atoms with van der Waals surface area (Å²) in [5, 5.41) is 10.00. The molecule has 1 N–H and O–H groups in total. The molecule has 0 aliphatic heterocycles. The average Bonchev–Trinajstić information content (AvgIpc) is 2.82. The molecule has 0 aliphatic carbocycles. The molecule has 20 heavy (non-hydrogen) atoms. The highest BCUT2D eigenvalue weighted by molar-refractivity contribution is 5.82. The Morgan fingerprint density at radius 1 is 1.10 bits per heavy atom. The number of nitrogens with zero attached hydrogens (tertiary/aromatic N) is 2.